The molecular weight excluding hydrogens is 277 g/mol. The van der Waals surface area contributed by atoms with Gasteiger partial charge in [-0.3, -0.25) is 10.7 Å². The maximum atomic E-state index is 12.0. The van der Waals surface area contributed by atoms with Crippen LogP contribution < -0.4 is 0 Å². The van der Waals surface area contributed by atoms with Crippen LogP contribution in [0.5, 0.6) is 0 Å². The largest absolute Gasteiger partial charge is 0.330 e. The van der Waals surface area contributed by atoms with Crippen LogP contribution in [0.1, 0.15) is 27.2 Å². The molecule has 2 heterocycles. The summed E-state index contributed by atoms with van der Waals surface area (Å²) in [6.07, 6.45) is 0.974. The van der Waals surface area contributed by atoms with Crippen molar-refractivity contribution in [2.75, 3.05) is 20.6 Å². The van der Waals surface area contributed by atoms with Gasteiger partial charge in [0.15, 0.2) is 0 Å². The molecular formula is C12H21N2OY-. The fourth-order valence-electron chi connectivity index (χ4n) is 3.57. The van der Waals surface area contributed by atoms with Crippen LogP contribution in [-0.4, -0.2) is 53.8 Å². The van der Waals surface area contributed by atoms with Gasteiger partial charge in [-0.1, -0.05) is 13.0 Å². The monoisotopic (exact) mass is 298 g/mol. The molecule has 3 nitrogen and oxygen atoms in total. The molecule has 0 aromatic carbocycles. The molecule has 0 N–H and O–H groups in total. The molecule has 0 aromatic heterocycles. The first kappa shape index (κ1) is 14.8. The number of carbonyl (C=O) groups excluding carboxylic acids is 1. The van der Waals surface area contributed by atoms with Gasteiger partial charge in [-0.2, -0.15) is 6.92 Å². The maximum absolute atomic E-state index is 12.0. The van der Waals surface area contributed by atoms with Gasteiger partial charge in [-0.25, -0.2) is 0 Å². The second kappa shape index (κ2) is 4.76. The first-order valence-corrected chi connectivity index (χ1v) is 5.70. The molecule has 0 aliphatic carbocycles. The van der Waals surface area contributed by atoms with Gasteiger partial charge in [0, 0.05) is 32.7 Å². The number of Topliss-reactive ketones (excluding diaryl/α,β-unsaturated/α-hetero) is 1. The van der Waals surface area contributed by atoms with E-state index in [1.54, 1.807) is 6.92 Å². The van der Waals surface area contributed by atoms with Gasteiger partial charge < -0.3 is 9.80 Å². The molecule has 0 saturated carbocycles. The fraction of sp³-hybridized carbons (Fsp3) is 0.833. The van der Waals surface area contributed by atoms with Gasteiger partial charge >= 0.3 is 0 Å². The number of rotatable bonds is 1. The number of ketones is 1. The average molecular weight is 298 g/mol. The number of likely N-dealkylation sites (N-methyl/N-ethyl adjacent to an activating group) is 2. The Kier molecular flexibility index (Phi) is 4.38. The molecule has 2 aliphatic heterocycles. The second-order valence-corrected chi connectivity index (χ2v) is 5.14. The fourth-order valence-corrected chi connectivity index (χ4v) is 3.57. The summed E-state index contributed by atoms with van der Waals surface area (Å²) in [5, 5.41) is 0. The number of fused-ring (bicyclic) bond motifs is 1. The molecule has 2 fully saturated rings. The van der Waals surface area contributed by atoms with Crippen molar-refractivity contribution in [2.24, 2.45) is 0 Å². The van der Waals surface area contributed by atoms with Gasteiger partial charge in [0.25, 0.3) is 0 Å². The normalized spacial score (nSPS) is 40.8. The molecule has 1 radical (unpaired) electrons. The summed E-state index contributed by atoms with van der Waals surface area (Å²) < 4.78 is 0. The van der Waals surface area contributed by atoms with E-state index in [-0.39, 0.29) is 38.2 Å². The first-order chi connectivity index (χ1) is 6.93. The van der Waals surface area contributed by atoms with Crippen molar-refractivity contribution in [1.82, 2.24) is 9.80 Å². The number of likely N-dealkylation sites (tertiary alicyclic amines) is 2. The van der Waals surface area contributed by atoms with E-state index < -0.39 is 0 Å². The summed E-state index contributed by atoms with van der Waals surface area (Å²) in [6.45, 7) is 7.16. The topological polar surface area (TPSA) is 23.6 Å². The summed E-state index contributed by atoms with van der Waals surface area (Å²) in [5.74, 6) is 1.76. The van der Waals surface area contributed by atoms with Crippen molar-refractivity contribution >= 4 is 5.78 Å². The van der Waals surface area contributed by atoms with Crippen LogP contribution in [0.15, 0.2) is 0 Å². The number of hydrogen-bond acceptors (Lipinski definition) is 3. The average Bonchev–Trinajstić information content (AvgIpc) is 2.61. The van der Waals surface area contributed by atoms with Gasteiger partial charge in [-0.05, 0) is 34.0 Å². The zero-order valence-corrected chi connectivity index (χ0v) is 13.8. The summed E-state index contributed by atoms with van der Waals surface area (Å²) in [4.78, 5) is 16.6. The minimum atomic E-state index is -0.238. The number of nitrogens with zero attached hydrogens (tertiary/aromatic N) is 2. The summed E-state index contributed by atoms with van der Waals surface area (Å²) >= 11 is 0. The maximum Gasteiger partial charge on any atom is 0.148 e. The van der Waals surface area contributed by atoms with Crippen molar-refractivity contribution in [3.05, 3.63) is 5.92 Å². The van der Waals surface area contributed by atoms with Crippen LogP contribution in [0.3, 0.4) is 0 Å². The van der Waals surface area contributed by atoms with Gasteiger partial charge in [-0.15, -0.1) is 6.04 Å². The van der Waals surface area contributed by atoms with E-state index in [1.165, 1.54) is 5.92 Å². The Balaban J connectivity index is 0.00000128. The molecule has 0 aromatic rings. The quantitative estimate of drug-likeness (QED) is 0.673. The van der Waals surface area contributed by atoms with Crippen molar-refractivity contribution < 1.29 is 37.5 Å². The molecule has 2 aliphatic rings. The van der Waals surface area contributed by atoms with Crippen LogP contribution in [0, 0.1) is 5.92 Å². The molecule has 4 heteroatoms. The Morgan fingerprint density at radius 1 is 1.44 bits per heavy atom. The molecule has 2 saturated heterocycles. The molecule has 0 spiro atoms. The first-order valence-electron chi connectivity index (χ1n) is 5.70. The molecule has 89 valence electrons. The van der Waals surface area contributed by atoms with Crippen LogP contribution >= 0.6 is 0 Å². The molecule has 0 amide bonds. The van der Waals surface area contributed by atoms with Gasteiger partial charge in [0.2, 0.25) is 0 Å². The Morgan fingerprint density at radius 3 is 2.44 bits per heavy atom. The van der Waals surface area contributed by atoms with E-state index in [9.17, 15) is 4.79 Å². The smallest absolute Gasteiger partial charge is 0.148 e. The minimum absolute atomic E-state index is 0. The van der Waals surface area contributed by atoms with Crippen LogP contribution in [-0.2, 0) is 37.5 Å². The Labute approximate surface area is 124 Å². The Hall–Kier alpha value is 0.694. The second-order valence-electron chi connectivity index (χ2n) is 5.14. The number of hydrogen-bond donors (Lipinski definition) is 0. The van der Waals surface area contributed by atoms with E-state index in [4.69, 9.17) is 0 Å². The van der Waals surface area contributed by atoms with Crippen LogP contribution in [0.25, 0.3) is 0 Å². The molecule has 2 rings (SSSR count). The zero-order chi connectivity index (χ0) is 11.4. The van der Waals surface area contributed by atoms with Gasteiger partial charge in [0.05, 0.1) is 5.54 Å². The SMILES string of the molecule is CC(=O)C12CCN(C)C1[C-](C)C(C)N2C.[Y]. The van der Waals surface area contributed by atoms with Crippen molar-refractivity contribution in [3.63, 3.8) is 0 Å². The standard InChI is InChI=1S/C12H21N2O.Y/c1-8-9(2)14(5)12(10(3)15)6-7-13(4)11(8)12;/h9,11H,6-7H2,1-5H3;/q-1;. The molecule has 3 atom stereocenters. The molecule has 3 unspecified atom stereocenters. The third-order valence-corrected chi connectivity index (χ3v) is 4.65. The van der Waals surface area contributed by atoms with E-state index >= 15 is 0 Å². The number of carbonyl (C=O) groups is 1. The third kappa shape index (κ3) is 1.66. The third-order valence-electron chi connectivity index (χ3n) is 4.65. The van der Waals surface area contributed by atoms with E-state index in [1.807, 2.05) is 0 Å². The van der Waals surface area contributed by atoms with Crippen LogP contribution in [0.2, 0.25) is 0 Å². The Bertz CT molecular complexity index is 297. The molecule has 16 heavy (non-hydrogen) atoms. The van der Waals surface area contributed by atoms with Crippen LogP contribution in [0.4, 0.5) is 0 Å². The summed E-state index contributed by atoms with van der Waals surface area (Å²) in [7, 11) is 4.22. The Morgan fingerprint density at radius 2 is 2.00 bits per heavy atom. The minimum Gasteiger partial charge on any atom is -0.330 e. The van der Waals surface area contributed by atoms with E-state index in [0.29, 0.717) is 17.9 Å². The summed E-state index contributed by atoms with van der Waals surface area (Å²) in [6, 6.07) is 0.747. The van der Waals surface area contributed by atoms with E-state index in [0.717, 1.165) is 13.0 Å². The predicted molar refractivity (Wildman–Crippen MR) is 60.6 cm³/mol. The van der Waals surface area contributed by atoms with Crippen molar-refractivity contribution in [2.45, 2.75) is 44.8 Å². The zero-order valence-electron chi connectivity index (χ0n) is 10.9. The van der Waals surface area contributed by atoms with Gasteiger partial charge in [0.1, 0.15) is 5.78 Å². The van der Waals surface area contributed by atoms with E-state index in [2.05, 4.69) is 37.7 Å². The van der Waals surface area contributed by atoms with Crippen molar-refractivity contribution in [3.8, 4) is 0 Å². The summed E-state index contributed by atoms with van der Waals surface area (Å²) in [5.41, 5.74) is -0.238. The predicted octanol–water partition coefficient (Wildman–Crippen LogP) is 0.944. The molecule has 0 bridgehead atoms. The van der Waals surface area contributed by atoms with Crippen molar-refractivity contribution in [1.29, 1.82) is 0 Å².